The first-order valence-corrected chi connectivity index (χ1v) is 7.02. The average Bonchev–Trinajstić information content (AvgIpc) is 3.09. The highest BCUT2D eigenvalue weighted by Crippen LogP contribution is 2.36. The zero-order valence-electron chi connectivity index (χ0n) is 10.0. The maximum Gasteiger partial charge on any atom is 0.223 e. The van der Waals surface area contributed by atoms with Gasteiger partial charge in [0.15, 0.2) is 0 Å². The SMILES string of the molecule is CC(C(=O)NCC1CCCC(Cl)C1)C1CC1. The summed E-state index contributed by atoms with van der Waals surface area (Å²) in [5.74, 6) is 1.73. The van der Waals surface area contributed by atoms with Gasteiger partial charge in [0.25, 0.3) is 0 Å². The minimum atomic E-state index is 0.218. The van der Waals surface area contributed by atoms with E-state index < -0.39 is 0 Å². The van der Waals surface area contributed by atoms with Crippen LogP contribution in [0, 0.1) is 17.8 Å². The number of alkyl halides is 1. The second kappa shape index (κ2) is 5.39. The summed E-state index contributed by atoms with van der Waals surface area (Å²) in [6, 6.07) is 0. The van der Waals surface area contributed by atoms with Gasteiger partial charge in [0.1, 0.15) is 0 Å². The molecule has 0 aromatic rings. The van der Waals surface area contributed by atoms with Crippen molar-refractivity contribution in [3.8, 4) is 0 Å². The van der Waals surface area contributed by atoms with Gasteiger partial charge in [0.2, 0.25) is 5.91 Å². The highest BCUT2D eigenvalue weighted by atomic mass is 35.5. The van der Waals surface area contributed by atoms with E-state index in [2.05, 4.69) is 12.2 Å². The smallest absolute Gasteiger partial charge is 0.223 e. The Morgan fingerprint density at radius 1 is 1.38 bits per heavy atom. The van der Waals surface area contributed by atoms with Crippen LogP contribution in [0.2, 0.25) is 0 Å². The van der Waals surface area contributed by atoms with Crippen LogP contribution >= 0.6 is 11.6 Å². The monoisotopic (exact) mass is 243 g/mol. The third-order valence-corrected chi connectivity index (χ3v) is 4.42. The molecule has 3 heteroatoms. The predicted octanol–water partition coefficient (Wildman–Crippen LogP) is 2.95. The summed E-state index contributed by atoms with van der Waals surface area (Å²) in [4.78, 5) is 11.8. The van der Waals surface area contributed by atoms with Gasteiger partial charge in [0.05, 0.1) is 0 Å². The van der Waals surface area contributed by atoms with Crippen LogP contribution in [0.25, 0.3) is 0 Å². The molecule has 2 aliphatic rings. The molecule has 0 radical (unpaired) electrons. The van der Waals surface area contributed by atoms with Gasteiger partial charge in [0, 0.05) is 17.8 Å². The van der Waals surface area contributed by atoms with Crippen molar-refractivity contribution in [1.29, 1.82) is 0 Å². The maximum atomic E-state index is 11.8. The largest absolute Gasteiger partial charge is 0.356 e. The normalized spacial score (nSPS) is 32.1. The van der Waals surface area contributed by atoms with E-state index in [9.17, 15) is 4.79 Å². The number of carbonyl (C=O) groups excluding carboxylic acids is 1. The number of rotatable bonds is 4. The molecule has 0 bridgehead atoms. The van der Waals surface area contributed by atoms with Crippen LogP contribution in [-0.4, -0.2) is 17.8 Å². The lowest BCUT2D eigenvalue weighted by molar-refractivity contribution is -0.125. The minimum Gasteiger partial charge on any atom is -0.356 e. The number of carbonyl (C=O) groups is 1. The first kappa shape index (κ1) is 12.2. The Morgan fingerprint density at radius 2 is 2.12 bits per heavy atom. The molecule has 0 aromatic heterocycles. The number of nitrogens with one attached hydrogen (secondary N) is 1. The van der Waals surface area contributed by atoms with Crippen molar-refractivity contribution in [2.75, 3.05) is 6.54 Å². The molecule has 92 valence electrons. The van der Waals surface area contributed by atoms with Crippen molar-refractivity contribution in [2.45, 2.75) is 50.8 Å². The summed E-state index contributed by atoms with van der Waals surface area (Å²) in [6.45, 7) is 2.89. The summed E-state index contributed by atoms with van der Waals surface area (Å²) in [5.41, 5.74) is 0. The number of halogens is 1. The fourth-order valence-corrected chi connectivity index (χ4v) is 3.03. The predicted molar refractivity (Wildman–Crippen MR) is 66.5 cm³/mol. The van der Waals surface area contributed by atoms with Crippen LogP contribution in [0.5, 0.6) is 0 Å². The van der Waals surface area contributed by atoms with E-state index in [4.69, 9.17) is 11.6 Å². The van der Waals surface area contributed by atoms with E-state index in [0.717, 1.165) is 19.4 Å². The Balaban J connectivity index is 1.67. The lowest BCUT2D eigenvalue weighted by Crippen LogP contribution is -2.35. The van der Waals surface area contributed by atoms with Crippen LogP contribution in [0.15, 0.2) is 0 Å². The number of hydrogen-bond acceptors (Lipinski definition) is 1. The third kappa shape index (κ3) is 3.38. The molecule has 3 atom stereocenters. The Kier molecular flexibility index (Phi) is 4.12. The molecule has 3 unspecified atom stereocenters. The van der Waals surface area contributed by atoms with E-state index in [1.54, 1.807) is 0 Å². The summed E-state index contributed by atoms with van der Waals surface area (Å²) < 4.78 is 0. The van der Waals surface area contributed by atoms with Gasteiger partial charge in [-0.25, -0.2) is 0 Å². The highest BCUT2D eigenvalue weighted by Gasteiger charge is 2.32. The number of hydrogen-bond donors (Lipinski definition) is 1. The quantitative estimate of drug-likeness (QED) is 0.756. The molecule has 2 nitrogen and oxygen atoms in total. The summed E-state index contributed by atoms with van der Waals surface area (Å²) in [6.07, 6.45) is 7.13. The van der Waals surface area contributed by atoms with Crippen molar-refractivity contribution in [3.63, 3.8) is 0 Å². The van der Waals surface area contributed by atoms with Gasteiger partial charge in [-0.2, -0.15) is 0 Å². The maximum absolute atomic E-state index is 11.8. The van der Waals surface area contributed by atoms with Crippen molar-refractivity contribution in [2.24, 2.45) is 17.8 Å². The van der Waals surface area contributed by atoms with Crippen molar-refractivity contribution in [3.05, 3.63) is 0 Å². The van der Waals surface area contributed by atoms with Crippen molar-refractivity contribution in [1.82, 2.24) is 5.32 Å². The highest BCUT2D eigenvalue weighted by molar-refractivity contribution is 6.20. The zero-order valence-corrected chi connectivity index (χ0v) is 10.8. The van der Waals surface area contributed by atoms with Crippen LogP contribution in [0.1, 0.15) is 45.4 Å². The molecule has 16 heavy (non-hydrogen) atoms. The summed E-state index contributed by atoms with van der Waals surface area (Å²) in [7, 11) is 0. The Morgan fingerprint density at radius 3 is 2.75 bits per heavy atom. The molecule has 0 spiro atoms. The summed E-state index contributed by atoms with van der Waals surface area (Å²) in [5, 5.41) is 3.43. The van der Waals surface area contributed by atoms with Crippen LogP contribution in [0.3, 0.4) is 0 Å². The fourth-order valence-electron chi connectivity index (χ4n) is 2.63. The van der Waals surface area contributed by atoms with Gasteiger partial charge in [-0.1, -0.05) is 13.3 Å². The van der Waals surface area contributed by atoms with E-state index >= 15 is 0 Å². The first-order valence-electron chi connectivity index (χ1n) is 6.58. The molecular weight excluding hydrogens is 222 g/mol. The molecule has 2 saturated carbocycles. The molecule has 2 rings (SSSR count). The minimum absolute atomic E-state index is 0.218. The van der Waals surface area contributed by atoms with Crippen LogP contribution in [-0.2, 0) is 4.79 Å². The Bertz CT molecular complexity index is 252. The molecular formula is C13H22ClNO. The van der Waals surface area contributed by atoms with E-state index in [1.807, 2.05) is 0 Å². The molecule has 2 aliphatic carbocycles. The van der Waals surface area contributed by atoms with E-state index in [1.165, 1.54) is 25.7 Å². The average molecular weight is 244 g/mol. The lowest BCUT2D eigenvalue weighted by atomic mass is 9.89. The van der Waals surface area contributed by atoms with Crippen molar-refractivity contribution >= 4 is 17.5 Å². The topological polar surface area (TPSA) is 29.1 Å². The van der Waals surface area contributed by atoms with E-state index in [0.29, 0.717) is 17.2 Å². The fraction of sp³-hybridized carbons (Fsp3) is 0.923. The molecule has 1 N–H and O–H groups in total. The van der Waals surface area contributed by atoms with Crippen molar-refractivity contribution < 1.29 is 4.79 Å². The zero-order chi connectivity index (χ0) is 11.5. The van der Waals surface area contributed by atoms with E-state index in [-0.39, 0.29) is 11.8 Å². The molecule has 0 saturated heterocycles. The van der Waals surface area contributed by atoms with Gasteiger partial charge >= 0.3 is 0 Å². The first-order chi connectivity index (χ1) is 7.66. The number of amides is 1. The molecule has 0 heterocycles. The van der Waals surface area contributed by atoms with Gasteiger partial charge in [-0.05, 0) is 43.9 Å². The second-order valence-electron chi connectivity index (χ2n) is 5.50. The van der Waals surface area contributed by atoms with Gasteiger partial charge in [-0.15, -0.1) is 11.6 Å². The molecule has 1 amide bonds. The second-order valence-corrected chi connectivity index (χ2v) is 6.12. The Hall–Kier alpha value is -0.240. The molecule has 2 fully saturated rings. The van der Waals surface area contributed by atoms with Gasteiger partial charge < -0.3 is 5.32 Å². The summed E-state index contributed by atoms with van der Waals surface area (Å²) >= 11 is 6.14. The van der Waals surface area contributed by atoms with Crippen LogP contribution < -0.4 is 5.32 Å². The van der Waals surface area contributed by atoms with Gasteiger partial charge in [-0.3, -0.25) is 4.79 Å². The third-order valence-electron chi connectivity index (χ3n) is 4.03. The molecule has 0 aliphatic heterocycles. The standard InChI is InChI=1S/C13H22ClNO/c1-9(11-5-6-11)13(16)15-8-10-3-2-4-12(14)7-10/h9-12H,2-8H2,1H3,(H,15,16). The van der Waals surface area contributed by atoms with Crippen LogP contribution in [0.4, 0.5) is 0 Å². The Labute approximate surface area is 103 Å². The lowest BCUT2D eigenvalue weighted by Gasteiger charge is -2.26. The molecule has 0 aromatic carbocycles.